The van der Waals surface area contributed by atoms with Gasteiger partial charge in [-0.2, -0.15) is 18.3 Å². The predicted octanol–water partition coefficient (Wildman–Crippen LogP) is 3.96. The third-order valence-corrected chi connectivity index (χ3v) is 6.44. The fraction of sp³-hybridized carbons (Fsp3) is 0.520. The summed E-state index contributed by atoms with van der Waals surface area (Å²) in [5, 5.41) is 24.5. The molecule has 1 aromatic carbocycles. The second-order valence-electron chi connectivity index (χ2n) is 10.1. The van der Waals surface area contributed by atoms with E-state index in [2.05, 4.69) is 26.1 Å². The van der Waals surface area contributed by atoms with Crippen LogP contribution in [0.4, 0.5) is 34.3 Å². The van der Waals surface area contributed by atoms with Crippen LogP contribution >= 0.6 is 0 Å². The number of carbonyl (C=O) groups is 3. The molecular formula is C25H33F3N6O5. The Balaban J connectivity index is 1.58. The molecule has 3 rings (SSSR count). The molecule has 2 aromatic rings. The van der Waals surface area contributed by atoms with Gasteiger partial charge in [-0.05, 0) is 30.7 Å². The van der Waals surface area contributed by atoms with Crippen LogP contribution in [-0.4, -0.2) is 69.6 Å². The van der Waals surface area contributed by atoms with E-state index in [9.17, 15) is 32.7 Å². The average molecular weight is 555 g/mol. The number of H-pyrrole nitrogens is 1. The number of amides is 4. The Labute approximate surface area is 223 Å². The molecule has 2 heterocycles. The molecule has 5 N–H and O–H groups in total. The lowest BCUT2D eigenvalue weighted by Gasteiger charge is -2.27. The Bertz CT molecular complexity index is 1120. The van der Waals surface area contributed by atoms with Crippen molar-refractivity contribution in [2.75, 3.05) is 23.7 Å². The summed E-state index contributed by atoms with van der Waals surface area (Å²) in [6.07, 6.45) is -4.47. The number of likely N-dealkylation sites (tertiary alicyclic amines) is 1. The molecule has 11 nitrogen and oxygen atoms in total. The number of nitrogens with zero attached hydrogens (tertiary/aromatic N) is 2. The van der Waals surface area contributed by atoms with Crippen molar-refractivity contribution < 1.29 is 37.4 Å². The van der Waals surface area contributed by atoms with Crippen molar-refractivity contribution in [2.24, 2.45) is 5.41 Å². The summed E-state index contributed by atoms with van der Waals surface area (Å²) in [6.45, 7) is 5.79. The van der Waals surface area contributed by atoms with Gasteiger partial charge in [-0.15, -0.1) is 0 Å². The van der Waals surface area contributed by atoms with Crippen LogP contribution in [0.25, 0.3) is 0 Å². The second-order valence-corrected chi connectivity index (χ2v) is 10.1. The normalized spacial score (nSPS) is 18.2. The number of aromatic amines is 1. The number of unbranched alkanes of at least 4 members (excludes halogenated alkanes) is 1. The van der Waals surface area contributed by atoms with E-state index < -0.39 is 53.4 Å². The number of hydrogen-bond donors (Lipinski definition) is 5. The van der Waals surface area contributed by atoms with Crippen LogP contribution in [0.5, 0.6) is 0 Å². The van der Waals surface area contributed by atoms with E-state index in [4.69, 9.17) is 4.74 Å². The van der Waals surface area contributed by atoms with E-state index in [1.165, 1.54) is 17.2 Å². The Hall–Kier alpha value is -3.81. The Morgan fingerprint density at radius 3 is 2.49 bits per heavy atom. The van der Waals surface area contributed by atoms with Crippen LogP contribution in [0.2, 0.25) is 0 Å². The van der Waals surface area contributed by atoms with Crippen LogP contribution in [0.15, 0.2) is 36.5 Å². The minimum Gasteiger partial charge on any atom is -0.444 e. The lowest BCUT2D eigenvalue weighted by Crippen LogP contribution is -2.50. The number of nitrogens with one attached hydrogen (secondary N) is 4. The average Bonchev–Trinajstić information content (AvgIpc) is 3.48. The highest BCUT2D eigenvalue weighted by Gasteiger charge is 2.44. The molecule has 1 aromatic heterocycles. The summed E-state index contributed by atoms with van der Waals surface area (Å²) in [5.74, 6) is -0.439. The Kier molecular flexibility index (Phi) is 9.43. The van der Waals surface area contributed by atoms with Crippen molar-refractivity contribution in [3.63, 3.8) is 0 Å². The van der Waals surface area contributed by atoms with Gasteiger partial charge in [-0.25, -0.2) is 9.59 Å². The smallest absolute Gasteiger partial charge is 0.416 e. The molecule has 1 saturated heterocycles. The molecule has 0 spiro atoms. The molecule has 0 radical (unpaired) electrons. The summed E-state index contributed by atoms with van der Waals surface area (Å²) in [7, 11) is 0. The van der Waals surface area contributed by atoms with Gasteiger partial charge in [0.1, 0.15) is 11.9 Å². The minimum absolute atomic E-state index is 0.0371. The van der Waals surface area contributed by atoms with Gasteiger partial charge in [-0.3, -0.25) is 9.89 Å². The largest absolute Gasteiger partial charge is 0.444 e. The van der Waals surface area contributed by atoms with Gasteiger partial charge < -0.3 is 30.7 Å². The standard InChI is InChI=1S/C25H33F3N6O5/c1-4-5-6-17(20(35)21(36)32-19-11-12-29-33-19)31-23(38)39-18-13-34(14-24(18,2)3)22(37)30-16-9-7-15(8-10-16)25(26,27)28/h7-12,17-18,20,35H,4-6,13-14H2,1-3H3,(H,30,37)(H,31,38)(H2,29,32,33,36)/t17-,18+,20?/m0/s1. The number of rotatable bonds is 9. The zero-order valence-electron chi connectivity index (χ0n) is 21.8. The zero-order chi connectivity index (χ0) is 28.8. The first-order valence-corrected chi connectivity index (χ1v) is 12.5. The van der Waals surface area contributed by atoms with Crippen molar-refractivity contribution in [3.05, 3.63) is 42.1 Å². The van der Waals surface area contributed by atoms with Crippen molar-refractivity contribution in [3.8, 4) is 0 Å². The summed E-state index contributed by atoms with van der Waals surface area (Å²) < 4.78 is 43.9. The molecule has 1 fully saturated rings. The van der Waals surface area contributed by atoms with E-state index in [0.29, 0.717) is 18.7 Å². The number of halogens is 3. The van der Waals surface area contributed by atoms with Gasteiger partial charge in [-0.1, -0.05) is 33.6 Å². The number of benzene rings is 1. The van der Waals surface area contributed by atoms with Crippen LogP contribution in [0.1, 0.15) is 45.6 Å². The van der Waals surface area contributed by atoms with Crippen LogP contribution in [0.3, 0.4) is 0 Å². The zero-order valence-corrected chi connectivity index (χ0v) is 21.8. The van der Waals surface area contributed by atoms with E-state index in [1.54, 1.807) is 13.8 Å². The van der Waals surface area contributed by atoms with E-state index in [-0.39, 0.29) is 18.8 Å². The minimum atomic E-state index is -4.48. The Morgan fingerprint density at radius 1 is 1.21 bits per heavy atom. The maximum atomic E-state index is 12.8. The van der Waals surface area contributed by atoms with Crippen molar-refractivity contribution >= 4 is 29.5 Å². The highest BCUT2D eigenvalue weighted by molar-refractivity contribution is 5.94. The van der Waals surface area contributed by atoms with Gasteiger partial charge in [0, 0.05) is 23.7 Å². The molecule has 3 atom stereocenters. The van der Waals surface area contributed by atoms with Crippen LogP contribution < -0.4 is 16.0 Å². The van der Waals surface area contributed by atoms with Crippen molar-refractivity contribution in [1.82, 2.24) is 20.4 Å². The molecule has 214 valence electrons. The third kappa shape index (κ3) is 8.09. The lowest BCUT2D eigenvalue weighted by molar-refractivity contribution is -0.137. The van der Waals surface area contributed by atoms with Gasteiger partial charge in [0.2, 0.25) is 0 Å². The second kappa shape index (κ2) is 12.4. The first kappa shape index (κ1) is 29.7. The quantitative estimate of drug-likeness (QED) is 0.317. The molecular weight excluding hydrogens is 521 g/mol. The summed E-state index contributed by atoms with van der Waals surface area (Å²) in [6, 6.07) is 4.10. The molecule has 0 saturated carbocycles. The number of urea groups is 1. The van der Waals surface area contributed by atoms with Gasteiger partial charge in [0.25, 0.3) is 5.91 Å². The molecule has 14 heteroatoms. The number of alkyl carbamates (subject to hydrolysis) is 1. The summed E-state index contributed by atoms with van der Waals surface area (Å²) in [4.78, 5) is 39.4. The monoisotopic (exact) mass is 554 g/mol. The first-order chi connectivity index (χ1) is 18.3. The number of carbonyl (C=O) groups excluding carboxylic acids is 3. The van der Waals surface area contributed by atoms with Crippen LogP contribution in [0, 0.1) is 5.41 Å². The molecule has 0 aliphatic carbocycles. The predicted molar refractivity (Wildman–Crippen MR) is 136 cm³/mol. The number of aromatic nitrogens is 2. The number of hydrogen-bond acceptors (Lipinski definition) is 6. The molecule has 0 bridgehead atoms. The molecule has 1 aliphatic heterocycles. The lowest BCUT2D eigenvalue weighted by atomic mass is 9.90. The number of anilines is 2. The number of aliphatic hydroxyl groups excluding tert-OH is 1. The van der Waals surface area contributed by atoms with Gasteiger partial charge >= 0.3 is 18.3 Å². The Morgan fingerprint density at radius 2 is 1.90 bits per heavy atom. The van der Waals surface area contributed by atoms with E-state index in [0.717, 1.165) is 30.7 Å². The highest BCUT2D eigenvalue weighted by atomic mass is 19.4. The van der Waals surface area contributed by atoms with Crippen molar-refractivity contribution in [2.45, 2.75) is 64.5 Å². The summed E-state index contributed by atoms with van der Waals surface area (Å²) in [5.41, 5.74) is -1.29. The SMILES string of the molecule is CCCC[C@H](NC(=O)O[C@@H]1CN(C(=O)Nc2ccc(C(F)(F)F)cc2)CC1(C)C)C(O)C(=O)Nc1ccn[nH]1. The van der Waals surface area contributed by atoms with Crippen molar-refractivity contribution in [1.29, 1.82) is 0 Å². The first-order valence-electron chi connectivity index (χ1n) is 12.5. The summed E-state index contributed by atoms with van der Waals surface area (Å²) >= 11 is 0. The van der Waals surface area contributed by atoms with E-state index in [1.807, 2.05) is 6.92 Å². The highest BCUT2D eigenvalue weighted by Crippen LogP contribution is 2.33. The maximum Gasteiger partial charge on any atom is 0.416 e. The fourth-order valence-electron chi connectivity index (χ4n) is 4.16. The maximum absolute atomic E-state index is 12.8. The molecule has 1 aliphatic rings. The molecule has 39 heavy (non-hydrogen) atoms. The molecule has 1 unspecified atom stereocenters. The number of aliphatic hydroxyl groups is 1. The number of alkyl halides is 3. The third-order valence-electron chi connectivity index (χ3n) is 6.44. The van der Waals surface area contributed by atoms with Gasteiger partial charge in [0.15, 0.2) is 6.10 Å². The topological polar surface area (TPSA) is 149 Å². The fourth-order valence-corrected chi connectivity index (χ4v) is 4.16. The van der Waals surface area contributed by atoms with Crippen LogP contribution in [-0.2, 0) is 15.7 Å². The molecule has 4 amide bonds. The van der Waals surface area contributed by atoms with E-state index >= 15 is 0 Å². The number of ether oxygens (including phenoxy) is 1. The van der Waals surface area contributed by atoms with Gasteiger partial charge in [0.05, 0.1) is 24.3 Å².